The second-order valence-corrected chi connectivity index (χ2v) is 9.03. The summed E-state index contributed by atoms with van der Waals surface area (Å²) in [4.78, 5) is 12.5. The normalized spacial score (nSPS) is 11.4. The van der Waals surface area contributed by atoms with Gasteiger partial charge in [-0.3, -0.25) is 9.89 Å². The Morgan fingerprint density at radius 3 is 2.45 bits per heavy atom. The van der Waals surface area contributed by atoms with Gasteiger partial charge in [0.2, 0.25) is 0 Å². The number of phenolic OH excluding ortho intramolecular Hbond substituents is 1. The van der Waals surface area contributed by atoms with Crippen molar-refractivity contribution in [2.45, 2.75) is 25.7 Å². The van der Waals surface area contributed by atoms with Crippen molar-refractivity contribution < 1.29 is 22.8 Å². The molecule has 0 fully saturated rings. The van der Waals surface area contributed by atoms with Crippen molar-refractivity contribution in [3.05, 3.63) is 75.8 Å². The SMILES string of the molecule is Cc1ccc(-c2cc(C(=O)Nc3ccc(S(=O)(=O)[N-]c4onc(C)c4C)cc3)[nH]n2)c(O)c1. The van der Waals surface area contributed by atoms with Crippen molar-refractivity contribution in [3.63, 3.8) is 0 Å². The van der Waals surface area contributed by atoms with E-state index in [2.05, 4.69) is 25.4 Å². The number of nitrogens with one attached hydrogen (secondary N) is 2. The molecular formula is C22H20N5O5S-. The third-order valence-corrected chi connectivity index (χ3v) is 6.27. The molecular weight excluding hydrogens is 446 g/mol. The molecule has 0 radical (unpaired) electrons. The molecule has 1 amide bonds. The standard InChI is InChI=1S/C22H21N5O5S/c1-12-4-9-17(20(28)10-12)18-11-19(25-24-18)21(29)23-15-5-7-16(8-6-15)33(30,31)27-22-13(2)14(3)26-32-22/h4-11H,1-3H3,(H4,23,24,25,26,27,28,29)/p-1. The van der Waals surface area contributed by atoms with Gasteiger partial charge in [0, 0.05) is 11.3 Å². The van der Waals surface area contributed by atoms with Gasteiger partial charge in [0.05, 0.1) is 22.2 Å². The first-order valence-corrected chi connectivity index (χ1v) is 11.3. The van der Waals surface area contributed by atoms with Gasteiger partial charge < -0.3 is 19.7 Å². The van der Waals surface area contributed by atoms with E-state index < -0.39 is 15.9 Å². The van der Waals surface area contributed by atoms with Crippen LogP contribution in [-0.4, -0.2) is 34.8 Å². The summed E-state index contributed by atoms with van der Waals surface area (Å²) < 4.78 is 33.7. The highest BCUT2D eigenvalue weighted by atomic mass is 32.2. The van der Waals surface area contributed by atoms with Crippen molar-refractivity contribution in [3.8, 4) is 17.0 Å². The van der Waals surface area contributed by atoms with Crippen molar-refractivity contribution in [1.82, 2.24) is 15.4 Å². The minimum Gasteiger partial charge on any atom is -0.539 e. The number of anilines is 1. The molecule has 0 aliphatic carbocycles. The van der Waals surface area contributed by atoms with Crippen LogP contribution in [-0.2, 0) is 10.0 Å². The maximum absolute atomic E-state index is 12.6. The Labute approximate surface area is 189 Å². The van der Waals surface area contributed by atoms with E-state index in [9.17, 15) is 18.3 Å². The highest BCUT2D eigenvalue weighted by molar-refractivity contribution is 7.94. The Balaban J connectivity index is 1.46. The van der Waals surface area contributed by atoms with E-state index in [1.807, 2.05) is 13.0 Å². The van der Waals surface area contributed by atoms with Crippen LogP contribution in [0.5, 0.6) is 5.75 Å². The second kappa shape index (κ2) is 8.43. The van der Waals surface area contributed by atoms with Gasteiger partial charge in [-0.05, 0) is 74.4 Å². The van der Waals surface area contributed by atoms with E-state index in [0.717, 1.165) is 5.56 Å². The molecule has 2 aromatic carbocycles. The lowest BCUT2D eigenvalue weighted by Crippen LogP contribution is -2.12. The summed E-state index contributed by atoms with van der Waals surface area (Å²) in [6, 6.07) is 12.2. The fraction of sp³-hybridized carbons (Fsp3) is 0.136. The predicted molar refractivity (Wildman–Crippen MR) is 121 cm³/mol. The molecule has 0 atom stereocenters. The Bertz CT molecular complexity index is 1440. The Morgan fingerprint density at radius 2 is 1.82 bits per heavy atom. The van der Waals surface area contributed by atoms with E-state index >= 15 is 0 Å². The van der Waals surface area contributed by atoms with Crippen LogP contribution in [0.15, 0.2) is 57.9 Å². The van der Waals surface area contributed by atoms with Crippen molar-refractivity contribution in [1.29, 1.82) is 0 Å². The average molecular weight is 466 g/mol. The zero-order chi connectivity index (χ0) is 23.8. The topological polar surface area (TPSA) is 152 Å². The molecule has 3 N–H and O–H groups in total. The van der Waals surface area contributed by atoms with E-state index in [1.165, 1.54) is 30.3 Å². The molecule has 0 aliphatic rings. The first-order valence-electron chi connectivity index (χ1n) is 9.82. The molecule has 0 saturated carbocycles. The molecule has 11 heteroatoms. The number of carbonyl (C=O) groups excluding carboxylic acids is 1. The van der Waals surface area contributed by atoms with Gasteiger partial charge in [-0.15, -0.1) is 0 Å². The number of amides is 1. The van der Waals surface area contributed by atoms with Gasteiger partial charge >= 0.3 is 0 Å². The first-order chi connectivity index (χ1) is 15.6. The molecule has 170 valence electrons. The zero-order valence-electron chi connectivity index (χ0n) is 17.9. The molecule has 0 saturated heterocycles. The first kappa shape index (κ1) is 22.1. The summed E-state index contributed by atoms with van der Waals surface area (Å²) in [7, 11) is -4.02. The maximum atomic E-state index is 12.6. The highest BCUT2D eigenvalue weighted by Crippen LogP contribution is 2.32. The van der Waals surface area contributed by atoms with Crippen LogP contribution < -0.4 is 5.32 Å². The third-order valence-electron chi connectivity index (χ3n) is 5.00. The fourth-order valence-corrected chi connectivity index (χ4v) is 3.97. The van der Waals surface area contributed by atoms with Gasteiger partial charge in [0.1, 0.15) is 21.5 Å². The predicted octanol–water partition coefficient (Wildman–Crippen LogP) is 4.34. The summed E-state index contributed by atoms with van der Waals surface area (Å²) >= 11 is 0. The van der Waals surface area contributed by atoms with Gasteiger partial charge in [-0.2, -0.15) is 5.10 Å². The Hall–Kier alpha value is -4.12. The van der Waals surface area contributed by atoms with E-state index in [0.29, 0.717) is 28.2 Å². The van der Waals surface area contributed by atoms with Crippen LogP contribution in [0.3, 0.4) is 0 Å². The summed E-state index contributed by atoms with van der Waals surface area (Å²) in [5.74, 6) is -0.487. The zero-order valence-corrected chi connectivity index (χ0v) is 18.8. The number of phenols is 1. The number of hydrogen-bond acceptors (Lipinski definition) is 7. The maximum Gasteiger partial charge on any atom is 0.273 e. The number of nitrogens with zero attached hydrogens (tertiary/aromatic N) is 3. The smallest absolute Gasteiger partial charge is 0.273 e. The van der Waals surface area contributed by atoms with E-state index in [-0.39, 0.29) is 22.2 Å². The summed E-state index contributed by atoms with van der Waals surface area (Å²) in [5, 5.41) is 23.2. The molecule has 0 bridgehead atoms. The van der Waals surface area contributed by atoms with Gasteiger partial charge in [0.15, 0.2) is 0 Å². The number of aromatic hydroxyl groups is 1. The minimum absolute atomic E-state index is 0.0614. The van der Waals surface area contributed by atoms with Crippen LogP contribution in [0.4, 0.5) is 11.6 Å². The molecule has 33 heavy (non-hydrogen) atoms. The number of H-pyrrole nitrogens is 1. The molecule has 2 aromatic heterocycles. The molecule has 4 aromatic rings. The quantitative estimate of drug-likeness (QED) is 0.382. The Kier molecular flexibility index (Phi) is 5.64. The monoisotopic (exact) mass is 466 g/mol. The van der Waals surface area contributed by atoms with Crippen molar-refractivity contribution in [2.24, 2.45) is 0 Å². The Morgan fingerprint density at radius 1 is 1.09 bits per heavy atom. The van der Waals surface area contributed by atoms with Crippen LogP contribution in [0, 0.1) is 20.8 Å². The molecule has 0 aliphatic heterocycles. The number of benzene rings is 2. The summed E-state index contributed by atoms with van der Waals surface area (Å²) in [6.07, 6.45) is 0. The molecule has 0 unspecified atom stereocenters. The lowest BCUT2D eigenvalue weighted by molar-refractivity contribution is 0.102. The van der Waals surface area contributed by atoms with Crippen molar-refractivity contribution >= 4 is 27.5 Å². The number of rotatable bonds is 6. The van der Waals surface area contributed by atoms with Crippen LogP contribution in [0.25, 0.3) is 16.0 Å². The second-order valence-electron chi connectivity index (χ2n) is 7.43. The minimum atomic E-state index is -4.02. The number of aryl methyl sites for hydroxylation is 2. The number of carbonyl (C=O) groups is 1. The van der Waals surface area contributed by atoms with Gasteiger partial charge in [-0.25, -0.2) is 8.42 Å². The van der Waals surface area contributed by atoms with Crippen LogP contribution in [0.2, 0.25) is 0 Å². The fourth-order valence-electron chi connectivity index (χ4n) is 2.99. The lowest BCUT2D eigenvalue weighted by atomic mass is 10.1. The van der Waals surface area contributed by atoms with E-state index in [1.54, 1.807) is 26.0 Å². The van der Waals surface area contributed by atoms with Crippen LogP contribution in [0.1, 0.15) is 27.3 Å². The number of sulfonamides is 1. The molecule has 4 rings (SSSR count). The summed E-state index contributed by atoms with van der Waals surface area (Å²) in [5.41, 5.74) is 3.45. The molecule has 2 heterocycles. The molecule has 0 spiro atoms. The lowest BCUT2D eigenvalue weighted by Gasteiger charge is -2.19. The van der Waals surface area contributed by atoms with Gasteiger partial charge in [-0.1, -0.05) is 11.2 Å². The third kappa shape index (κ3) is 4.58. The number of hydrogen-bond donors (Lipinski definition) is 3. The highest BCUT2D eigenvalue weighted by Gasteiger charge is 2.15. The average Bonchev–Trinajstić information content (AvgIpc) is 3.37. The van der Waals surface area contributed by atoms with Crippen LogP contribution >= 0.6 is 0 Å². The van der Waals surface area contributed by atoms with E-state index in [4.69, 9.17) is 4.52 Å². The largest absolute Gasteiger partial charge is 0.539 e. The van der Waals surface area contributed by atoms with Gasteiger partial charge in [0.25, 0.3) is 5.91 Å². The summed E-state index contributed by atoms with van der Waals surface area (Å²) in [6.45, 7) is 5.21. The number of aromatic nitrogens is 3. The molecule has 10 nitrogen and oxygen atoms in total. The van der Waals surface area contributed by atoms with Crippen molar-refractivity contribution in [2.75, 3.05) is 5.32 Å². The number of aromatic amines is 1.